The molecule has 0 radical (unpaired) electrons. The van der Waals surface area contributed by atoms with Crippen LogP contribution in [0.2, 0.25) is 0 Å². The summed E-state index contributed by atoms with van der Waals surface area (Å²) in [6.07, 6.45) is -2.43. The number of aryl methyl sites for hydroxylation is 1. The molecule has 0 spiro atoms. The molecule has 0 saturated carbocycles. The zero-order valence-electron chi connectivity index (χ0n) is 14.5. The second-order valence-corrected chi connectivity index (χ2v) is 5.64. The van der Waals surface area contributed by atoms with Gasteiger partial charge >= 0.3 is 6.18 Å². The number of aliphatic imine (C=N–C) groups is 1. The van der Waals surface area contributed by atoms with E-state index >= 15 is 0 Å². The van der Waals surface area contributed by atoms with Gasteiger partial charge in [0.2, 0.25) is 0 Å². The highest BCUT2D eigenvalue weighted by Gasteiger charge is 2.30. The third-order valence-electron chi connectivity index (χ3n) is 3.72. The van der Waals surface area contributed by atoms with Crippen LogP contribution in [0.4, 0.5) is 13.2 Å². The molecular formula is C19H23F3IN3. The monoisotopic (exact) mass is 477 g/mol. The summed E-state index contributed by atoms with van der Waals surface area (Å²) in [5.41, 5.74) is 1.19. The summed E-state index contributed by atoms with van der Waals surface area (Å²) in [6.45, 7) is 1.01. The minimum atomic E-state index is -4.33. The van der Waals surface area contributed by atoms with Crippen LogP contribution in [0.5, 0.6) is 0 Å². The van der Waals surface area contributed by atoms with Gasteiger partial charge in [-0.15, -0.1) is 24.0 Å². The lowest BCUT2D eigenvalue weighted by molar-refractivity contribution is -0.137. The van der Waals surface area contributed by atoms with E-state index in [1.807, 2.05) is 18.2 Å². The Bertz CT molecular complexity index is 688. The number of alkyl halides is 3. The predicted molar refractivity (Wildman–Crippen MR) is 110 cm³/mol. The number of halogens is 4. The highest BCUT2D eigenvalue weighted by atomic mass is 127. The third kappa shape index (κ3) is 7.63. The molecule has 0 aliphatic heterocycles. The van der Waals surface area contributed by atoms with Crippen LogP contribution in [0.3, 0.4) is 0 Å². The number of rotatable bonds is 6. The van der Waals surface area contributed by atoms with E-state index in [0.29, 0.717) is 11.5 Å². The zero-order chi connectivity index (χ0) is 18.1. The summed E-state index contributed by atoms with van der Waals surface area (Å²) in [5, 5.41) is 6.21. The number of hydrogen-bond donors (Lipinski definition) is 2. The Hall–Kier alpha value is -1.77. The van der Waals surface area contributed by atoms with Crippen LogP contribution in [-0.2, 0) is 19.1 Å². The molecule has 26 heavy (non-hydrogen) atoms. The first kappa shape index (κ1) is 22.3. The smallest absolute Gasteiger partial charge is 0.356 e. The largest absolute Gasteiger partial charge is 0.416 e. The maximum atomic E-state index is 12.7. The van der Waals surface area contributed by atoms with E-state index in [2.05, 4.69) is 27.8 Å². The van der Waals surface area contributed by atoms with Crippen LogP contribution in [-0.4, -0.2) is 19.6 Å². The Kier molecular flexibility index (Phi) is 9.47. The molecule has 0 aromatic heterocycles. The fraction of sp³-hybridized carbons (Fsp3) is 0.316. The summed E-state index contributed by atoms with van der Waals surface area (Å²) in [6, 6.07) is 15.5. The van der Waals surface area contributed by atoms with Crippen molar-refractivity contribution in [3.05, 3.63) is 71.3 Å². The second-order valence-electron chi connectivity index (χ2n) is 5.64. The van der Waals surface area contributed by atoms with Crippen molar-refractivity contribution in [3.8, 4) is 0 Å². The molecule has 0 aliphatic carbocycles. The van der Waals surface area contributed by atoms with Gasteiger partial charge in [-0.25, -0.2) is 0 Å². The Morgan fingerprint density at radius 2 is 1.65 bits per heavy atom. The minimum absolute atomic E-state index is 0. The molecule has 3 nitrogen and oxygen atoms in total. The number of hydrogen-bond acceptors (Lipinski definition) is 1. The van der Waals surface area contributed by atoms with Crippen LogP contribution in [0.25, 0.3) is 0 Å². The number of guanidine groups is 1. The van der Waals surface area contributed by atoms with Gasteiger partial charge in [0.15, 0.2) is 5.96 Å². The molecule has 0 unspecified atom stereocenters. The van der Waals surface area contributed by atoms with Crippen LogP contribution in [0.15, 0.2) is 59.6 Å². The van der Waals surface area contributed by atoms with Gasteiger partial charge in [-0.1, -0.05) is 42.5 Å². The average Bonchev–Trinajstić information content (AvgIpc) is 2.61. The first-order valence-electron chi connectivity index (χ1n) is 8.13. The first-order chi connectivity index (χ1) is 12.0. The van der Waals surface area contributed by atoms with Crippen molar-refractivity contribution in [3.63, 3.8) is 0 Å². The van der Waals surface area contributed by atoms with Crippen LogP contribution in [0, 0.1) is 0 Å². The normalized spacial score (nSPS) is 11.6. The molecule has 7 heteroatoms. The third-order valence-corrected chi connectivity index (χ3v) is 3.72. The van der Waals surface area contributed by atoms with Crippen molar-refractivity contribution in [2.75, 3.05) is 13.6 Å². The second kappa shape index (κ2) is 11.1. The Morgan fingerprint density at radius 3 is 2.31 bits per heavy atom. The molecule has 2 aromatic rings. The highest BCUT2D eigenvalue weighted by molar-refractivity contribution is 14.0. The quantitative estimate of drug-likeness (QED) is 0.276. The molecule has 2 N–H and O–H groups in total. The maximum absolute atomic E-state index is 12.7. The SMILES string of the molecule is CN=C(NCCCc1ccccc1)NCc1cccc(C(F)(F)F)c1.I. The molecule has 0 bridgehead atoms. The number of nitrogens with zero attached hydrogens (tertiary/aromatic N) is 1. The van der Waals surface area contributed by atoms with E-state index in [-0.39, 0.29) is 30.5 Å². The van der Waals surface area contributed by atoms with Crippen molar-refractivity contribution in [1.29, 1.82) is 0 Å². The molecule has 142 valence electrons. The van der Waals surface area contributed by atoms with Gasteiger partial charge in [0.25, 0.3) is 0 Å². The van der Waals surface area contributed by atoms with Crippen LogP contribution < -0.4 is 10.6 Å². The van der Waals surface area contributed by atoms with Crippen molar-refractivity contribution in [1.82, 2.24) is 10.6 Å². The molecular weight excluding hydrogens is 454 g/mol. The van der Waals surface area contributed by atoms with Gasteiger partial charge in [0, 0.05) is 20.1 Å². The number of benzene rings is 2. The van der Waals surface area contributed by atoms with Crippen molar-refractivity contribution >= 4 is 29.9 Å². The lowest BCUT2D eigenvalue weighted by Crippen LogP contribution is -2.37. The Balaban J connectivity index is 0.00000338. The van der Waals surface area contributed by atoms with E-state index in [0.717, 1.165) is 31.5 Å². The van der Waals surface area contributed by atoms with E-state index in [4.69, 9.17) is 0 Å². The molecule has 0 heterocycles. The summed E-state index contributed by atoms with van der Waals surface area (Å²) in [7, 11) is 1.64. The molecule has 0 aliphatic rings. The van der Waals surface area contributed by atoms with E-state index in [9.17, 15) is 13.2 Å². The van der Waals surface area contributed by atoms with Crippen LogP contribution >= 0.6 is 24.0 Å². The van der Waals surface area contributed by atoms with E-state index in [1.165, 1.54) is 11.6 Å². The van der Waals surface area contributed by atoms with Gasteiger partial charge in [0.1, 0.15) is 0 Å². The molecule has 0 amide bonds. The van der Waals surface area contributed by atoms with Gasteiger partial charge in [0.05, 0.1) is 5.56 Å². The Labute approximate surface area is 169 Å². The van der Waals surface area contributed by atoms with E-state index < -0.39 is 11.7 Å². The van der Waals surface area contributed by atoms with Crippen LogP contribution in [0.1, 0.15) is 23.1 Å². The fourth-order valence-corrected chi connectivity index (χ4v) is 2.41. The zero-order valence-corrected chi connectivity index (χ0v) is 16.8. The van der Waals surface area contributed by atoms with Gasteiger partial charge in [-0.2, -0.15) is 13.2 Å². The Morgan fingerprint density at radius 1 is 0.962 bits per heavy atom. The van der Waals surface area contributed by atoms with Gasteiger partial charge < -0.3 is 10.6 Å². The van der Waals surface area contributed by atoms with E-state index in [1.54, 1.807) is 13.1 Å². The maximum Gasteiger partial charge on any atom is 0.416 e. The van der Waals surface area contributed by atoms with Gasteiger partial charge in [-0.05, 0) is 36.1 Å². The molecule has 0 atom stereocenters. The van der Waals surface area contributed by atoms with Gasteiger partial charge in [-0.3, -0.25) is 4.99 Å². The first-order valence-corrected chi connectivity index (χ1v) is 8.13. The highest BCUT2D eigenvalue weighted by Crippen LogP contribution is 2.29. The van der Waals surface area contributed by atoms with Crippen molar-refractivity contribution < 1.29 is 13.2 Å². The summed E-state index contributed by atoms with van der Waals surface area (Å²) in [5.74, 6) is 0.575. The van der Waals surface area contributed by atoms with Crippen molar-refractivity contribution in [2.24, 2.45) is 4.99 Å². The summed E-state index contributed by atoms with van der Waals surface area (Å²) < 4.78 is 38.2. The van der Waals surface area contributed by atoms with Crippen molar-refractivity contribution in [2.45, 2.75) is 25.6 Å². The molecule has 0 saturated heterocycles. The fourth-order valence-electron chi connectivity index (χ4n) is 2.41. The number of nitrogens with one attached hydrogen (secondary N) is 2. The lowest BCUT2D eigenvalue weighted by Gasteiger charge is -2.13. The molecule has 2 rings (SSSR count). The minimum Gasteiger partial charge on any atom is -0.356 e. The average molecular weight is 477 g/mol. The topological polar surface area (TPSA) is 36.4 Å². The molecule has 0 fully saturated rings. The predicted octanol–water partition coefficient (Wildman–Crippen LogP) is 4.62. The molecule has 2 aromatic carbocycles. The summed E-state index contributed by atoms with van der Waals surface area (Å²) >= 11 is 0. The lowest BCUT2D eigenvalue weighted by atomic mass is 10.1. The summed E-state index contributed by atoms with van der Waals surface area (Å²) in [4.78, 5) is 4.09. The standard InChI is InChI=1S/C19H22F3N3.HI/c1-23-18(24-12-6-10-15-7-3-2-4-8-15)25-14-16-9-5-11-17(13-16)19(20,21)22;/h2-5,7-9,11,13H,6,10,12,14H2,1H3,(H2,23,24,25);1H.